The second kappa shape index (κ2) is 6.84. The van der Waals surface area contributed by atoms with Crippen molar-refractivity contribution in [1.82, 2.24) is 20.0 Å². The predicted molar refractivity (Wildman–Crippen MR) is 90.1 cm³/mol. The maximum absolute atomic E-state index is 11.9. The van der Waals surface area contributed by atoms with Crippen LogP contribution in [0.2, 0.25) is 0 Å². The monoisotopic (exact) mass is 496 g/mol. The highest BCUT2D eigenvalue weighted by molar-refractivity contribution is 14.1. The Labute approximate surface area is 150 Å². The normalized spacial score (nSPS) is 12.5. The van der Waals surface area contributed by atoms with E-state index in [0.717, 1.165) is 4.47 Å². The van der Waals surface area contributed by atoms with E-state index in [1.807, 2.05) is 0 Å². The van der Waals surface area contributed by atoms with Crippen molar-refractivity contribution >= 4 is 44.3 Å². The molecule has 0 aliphatic heterocycles. The second-order valence-electron chi connectivity index (χ2n) is 4.45. The van der Waals surface area contributed by atoms with Crippen LogP contribution in [0.25, 0.3) is 11.5 Å². The van der Waals surface area contributed by atoms with Gasteiger partial charge in [0.1, 0.15) is 12.0 Å². The molecule has 0 fully saturated rings. The van der Waals surface area contributed by atoms with Crippen LogP contribution in [0.3, 0.4) is 0 Å². The summed E-state index contributed by atoms with van der Waals surface area (Å²) in [7, 11) is 0. The van der Waals surface area contributed by atoms with Crippen molar-refractivity contribution in [3.8, 4) is 11.5 Å². The van der Waals surface area contributed by atoms with Gasteiger partial charge in [-0.2, -0.15) is 0 Å². The summed E-state index contributed by atoms with van der Waals surface area (Å²) in [6.07, 6.45) is 1.51. The van der Waals surface area contributed by atoms with Gasteiger partial charge in [0.05, 0.1) is 15.1 Å². The second-order valence-corrected chi connectivity index (χ2v) is 6.96. The lowest BCUT2D eigenvalue weighted by molar-refractivity contribution is 0.309. The largest absolute Gasteiger partial charge is 0.466 e. The van der Waals surface area contributed by atoms with Gasteiger partial charge in [0.2, 0.25) is 11.6 Å². The number of nitrogens with one attached hydrogen (secondary N) is 1. The minimum atomic E-state index is -0.646. The molecule has 1 atom stereocenters. The van der Waals surface area contributed by atoms with Gasteiger partial charge in [-0.25, -0.2) is 14.0 Å². The van der Waals surface area contributed by atoms with Crippen LogP contribution in [0, 0.1) is 0 Å². The maximum Gasteiger partial charge on any atom is 0.442 e. The van der Waals surface area contributed by atoms with E-state index in [1.165, 1.54) is 10.8 Å². The van der Waals surface area contributed by atoms with Crippen LogP contribution in [0.15, 0.2) is 35.2 Å². The van der Waals surface area contributed by atoms with Crippen LogP contribution in [0.5, 0.6) is 0 Å². The van der Waals surface area contributed by atoms with E-state index in [0.29, 0.717) is 18.1 Å². The number of nitrogens with two attached hydrogens (primary N) is 1. The number of alkyl halides is 1. The van der Waals surface area contributed by atoms with Crippen LogP contribution in [0.4, 0.5) is 5.82 Å². The van der Waals surface area contributed by atoms with Crippen LogP contribution >= 0.6 is 38.5 Å². The molecule has 3 aromatic heterocycles. The van der Waals surface area contributed by atoms with Crippen molar-refractivity contribution in [2.75, 3.05) is 11.9 Å². The third-order valence-corrected chi connectivity index (χ3v) is 3.64. The highest BCUT2D eigenvalue weighted by Gasteiger charge is 2.22. The van der Waals surface area contributed by atoms with Gasteiger partial charge in [-0.05, 0) is 32.3 Å². The molecule has 10 nitrogen and oxygen atoms in total. The molecule has 122 valence electrons. The van der Waals surface area contributed by atoms with Crippen molar-refractivity contribution in [3.63, 3.8) is 0 Å². The molecule has 0 spiro atoms. The first-order chi connectivity index (χ1) is 11.0. The first-order valence-electron chi connectivity index (χ1n) is 6.30. The highest BCUT2D eigenvalue weighted by atomic mass is 127. The summed E-state index contributed by atoms with van der Waals surface area (Å²) >= 11 is 5.33. The van der Waals surface area contributed by atoms with E-state index in [-0.39, 0.29) is 22.1 Å². The van der Waals surface area contributed by atoms with E-state index in [2.05, 4.69) is 59.3 Å². The van der Waals surface area contributed by atoms with Gasteiger partial charge >= 0.3 is 5.76 Å². The fourth-order valence-corrected chi connectivity index (χ4v) is 2.38. The van der Waals surface area contributed by atoms with Gasteiger partial charge in [0.15, 0.2) is 5.69 Å². The van der Waals surface area contributed by atoms with Gasteiger partial charge in [0.25, 0.3) is 0 Å². The summed E-state index contributed by atoms with van der Waals surface area (Å²) in [4.78, 5) is 11.9. The zero-order valence-electron chi connectivity index (χ0n) is 11.4. The summed E-state index contributed by atoms with van der Waals surface area (Å²) in [5.74, 6) is 0.392. The minimum Gasteiger partial charge on any atom is -0.466 e. The highest BCUT2D eigenvalue weighted by Crippen LogP contribution is 2.23. The first kappa shape index (κ1) is 16.2. The molecule has 0 aliphatic carbocycles. The zero-order chi connectivity index (χ0) is 16.4. The van der Waals surface area contributed by atoms with E-state index < -0.39 is 5.76 Å². The Morgan fingerprint density at radius 1 is 1.43 bits per heavy atom. The molecule has 3 aromatic rings. The van der Waals surface area contributed by atoms with Crippen molar-refractivity contribution in [3.05, 3.63) is 33.1 Å². The molecule has 0 aliphatic rings. The van der Waals surface area contributed by atoms with Gasteiger partial charge in [-0.3, -0.25) is 4.52 Å². The molecule has 0 radical (unpaired) electrons. The predicted octanol–water partition coefficient (Wildman–Crippen LogP) is 1.42. The summed E-state index contributed by atoms with van der Waals surface area (Å²) < 4.78 is 16.6. The van der Waals surface area contributed by atoms with Crippen molar-refractivity contribution in [1.29, 1.82) is 0 Å². The number of anilines is 1. The van der Waals surface area contributed by atoms with E-state index in [9.17, 15) is 4.79 Å². The number of rotatable bonds is 6. The average Bonchev–Trinajstić information content (AvgIpc) is 3.19. The summed E-state index contributed by atoms with van der Waals surface area (Å²) in [6.45, 7) is 0.566. The SMILES string of the molecule is NC(I)CNc1nonc1-c1noc(=O)n1Cc1cc(Br)co1. The standard InChI is InChI=1S/C11H10BrIN6O4/c12-5-1-6(21-4-5)3-19-10(18-22-11(19)20)8-9(17-23-16-8)15-2-7(13)14/h1,4,7H,2-3,14H2,(H,15,17). The quantitative estimate of drug-likeness (QED) is 0.294. The molecule has 0 bridgehead atoms. The van der Waals surface area contributed by atoms with E-state index in [1.54, 1.807) is 6.07 Å². The zero-order valence-corrected chi connectivity index (χ0v) is 15.1. The number of aromatic nitrogens is 4. The Morgan fingerprint density at radius 2 is 2.26 bits per heavy atom. The molecule has 3 rings (SSSR count). The Hall–Kier alpha value is -1.67. The minimum absolute atomic E-state index is 0.126. The van der Waals surface area contributed by atoms with Crippen molar-refractivity contribution in [2.45, 2.75) is 10.6 Å². The topological polar surface area (TPSA) is 138 Å². The molecule has 0 amide bonds. The average molecular weight is 497 g/mol. The number of furan rings is 1. The van der Waals surface area contributed by atoms with Crippen LogP contribution in [0.1, 0.15) is 5.76 Å². The van der Waals surface area contributed by atoms with E-state index in [4.69, 9.17) is 19.3 Å². The number of nitrogens with zero attached hydrogens (tertiary/aromatic N) is 4. The van der Waals surface area contributed by atoms with Gasteiger partial charge < -0.3 is 15.5 Å². The summed E-state index contributed by atoms with van der Waals surface area (Å²) in [5.41, 5.74) is 5.92. The number of halogens is 2. The van der Waals surface area contributed by atoms with Crippen LogP contribution < -0.4 is 16.8 Å². The maximum atomic E-state index is 11.9. The molecule has 0 saturated heterocycles. The molecule has 12 heteroatoms. The molecule has 1 unspecified atom stereocenters. The molecule has 23 heavy (non-hydrogen) atoms. The van der Waals surface area contributed by atoms with Crippen molar-refractivity contribution < 1.29 is 13.6 Å². The first-order valence-corrected chi connectivity index (χ1v) is 8.34. The smallest absolute Gasteiger partial charge is 0.442 e. The van der Waals surface area contributed by atoms with Gasteiger partial charge in [-0.1, -0.05) is 27.7 Å². The third-order valence-electron chi connectivity index (χ3n) is 2.79. The van der Waals surface area contributed by atoms with Gasteiger partial charge in [-0.15, -0.1) is 0 Å². The fraction of sp³-hybridized carbons (Fsp3) is 0.273. The lowest BCUT2D eigenvalue weighted by atomic mass is 10.3. The Bertz CT molecular complexity index is 853. The molecule has 3 heterocycles. The summed E-state index contributed by atoms with van der Waals surface area (Å²) in [6, 6.07) is 1.73. The molecule has 0 saturated carbocycles. The number of hydrogen-bond donors (Lipinski definition) is 2. The Balaban J connectivity index is 1.92. The van der Waals surface area contributed by atoms with Crippen LogP contribution in [-0.2, 0) is 6.54 Å². The lowest BCUT2D eigenvalue weighted by Gasteiger charge is -2.05. The van der Waals surface area contributed by atoms with Crippen molar-refractivity contribution in [2.24, 2.45) is 5.73 Å². The summed E-state index contributed by atoms with van der Waals surface area (Å²) in [5, 5.41) is 14.2. The van der Waals surface area contributed by atoms with Crippen LogP contribution in [-0.4, -0.2) is 30.6 Å². The molecular formula is C11H10BrIN6O4. The van der Waals surface area contributed by atoms with Gasteiger partial charge in [0, 0.05) is 6.54 Å². The fourth-order valence-electron chi connectivity index (χ4n) is 1.82. The molecular weight excluding hydrogens is 487 g/mol. The number of hydrogen-bond acceptors (Lipinski definition) is 9. The molecule has 0 aromatic carbocycles. The van der Waals surface area contributed by atoms with E-state index >= 15 is 0 Å². The Kier molecular flexibility index (Phi) is 4.82. The molecule has 3 N–H and O–H groups in total. The third kappa shape index (κ3) is 3.64. The lowest BCUT2D eigenvalue weighted by Crippen LogP contribution is -2.22. The Morgan fingerprint density at radius 3 is 2.96 bits per heavy atom.